The molecule has 1 aliphatic heterocycles. The summed E-state index contributed by atoms with van der Waals surface area (Å²) in [6, 6.07) is 11.2. The van der Waals surface area contributed by atoms with E-state index in [2.05, 4.69) is 10.1 Å². The number of hydrogen-bond donors (Lipinski definition) is 4. The van der Waals surface area contributed by atoms with Crippen LogP contribution in [0.25, 0.3) is 10.8 Å². The van der Waals surface area contributed by atoms with E-state index in [1.165, 1.54) is 20.0 Å². The standard InChI is InChI=1S/C26H31IN3O10P/c1-14(2)38-23(33)15(3)29-41(36,40-19-11-7-9-16-8-5-6-10-17(16)19)37-13-20-21(31)26(4,35)24(39-20)30-12-18(27)22(32)28-25(30)34/h5-12,14-15,20-21,24,31,35H,13H2,1-4H3,(H,29,36)(H,28,32,34)/t15-,20-,21-,24?,26-,41-/m1/s1. The van der Waals surface area contributed by atoms with Crippen LogP contribution in [0.3, 0.4) is 0 Å². The van der Waals surface area contributed by atoms with Crippen LogP contribution in [-0.4, -0.2) is 62.3 Å². The molecule has 41 heavy (non-hydrogen) atoms. The summed E-state index contributed by atoms with van der Waals surface area (Å²) in [5.41, 5.74) is -3.49. The van der Waals surface area contributed by atoms with Crippen molar-refractivity contribution < 1.29 is 38.1 Å². The van der Waals surface area contributed by atoms with Crippen molar-refractivity contribution in [2.75, 3.05) is 6.61 Å². The maximum absolute atomic E-state index is 14.1. The van der Waals surface area contributed by atoms with Gasteiger partial charge in [0.1, 0.15) is 29.6 Å². The molecule has 6 atom stereocenters. The van der Waals surface area contributed by atoms with Crippen molar-refractivity contribution in [1.82, 2.24) is 14.6 Å². The smallest absolute Gasteiger partial charge is 0.459 e. The quantitative estimate of drug-likeness (QED) is 0.139. The molecule has 4 N–H and O–H groups in total. The number of nitrogens with one attached hydrogen (secondary N) is 2. The Morgan fingerprint density at radius 3 is 2.61 bits per heavy atom. The van der Waals surface area contributed by atoms with Crippen molar-refractivity contribution in [2.45, 2.75) is 63.9 Å². The lowest BCUT2D eigenvalue weighted by Gasteiger charge is -2.27. The topological polar surface area (TPSA) is 178 Å². The van der Waals surface area contributed by atoms with Crippen molar-refractivity contribution in [3.63, 3.8) is 0 Å². The summed E-state index contributed by atoms with van der Waals surface area (Å²) in [5, 5.41) is 26.0. The fourth-order valence-electron chi connectivity index (χ4n) is 4.30. The molecule has 13 nitrogen and oxygen atoms in total. The number of aromatic nitrogens is 2. The summed E-state index contributed by atoms with van der Waals surface area (Å²) in [6.45, 7) is 5.44. The molecule has 1 aromatic heterocycles. The fraction of sp³-hybridized carbons (Fsp3) is 0.423. The molecule has 15 heteroatoms. The van der Waals surface area contributed by atoms with Crippen molar-refractivity contribution in [2.24, 2.45) is 0 Å². The largest absolute Gasteiger partial charge is 0.462 e. The summed E-state index contributed by atoms with van der Waals surface area (Å²) >= 11 is 1.71. The SMILES string of the molecule is CC(C)OC(=O)[C@@H](C)N[P@@](=O)(OC[C@H]1OC(n2cc(I)c(=O)[nH]c2=O)[C@](C)(O)[C@@H]1O)Oc1cccc2ccccc12. The Hall–Kier alpha value is -2.59. The van der Waals surface area contributed by atoms with Crippen LogP contribution in [0.5, 0.6) is 5.75 Å². The summed E-state index contributed by atoms with van der Waals surface area (Å²) < 4.78 is 37.7. The van der Waals surface area contributed by atoms with Crippen molar-refractivity contribution in [3.8, 4) is 5.75 Å². The van der Waals surface area contributed by atoms with E-state index in [1.807, 2.05) is 18.2 Å². The molecule has 0 aliphatic carbocycles. The highest BCUT2D eigenvalue weighted by molar-refractivity contribution is 14.1. The molecule has 1 aliphatic rings. The number of carbonyl (C=O) groups is 1. The normalized spacial score (nSPS) is 24.7. The van der Waals surface area contributed by atoms with Crippen LogP contribution in [0.2, 0.25) is 0 Å². The fourth-order valence-corrected chi connectivity index (χ4v) is 6.26. The van der Waals surface area contributed by atoms with E-state index < -0.39 is 67.8 Å². The molecule has 1 fully saturated rings. The second-order valence-corrected chi connectivity index (χ2v) is 12.9. The highest BCUT2D eigenvalue weighted by Gasteiger charge is 2.54. The minimum Gasteiger partial charge on any atom is -0.462 e. The van der Waals surface area contributed by atoms with Crippen molar-refractivity contribution >= 4 is 47.1 Å². The number of hydrogen-bond acceptors (Lipinski definition) is 10. The molecule has 0 amide bonds. The lowest BCUT2D eigenvalue weighted by atomic mass is 9.96. The van der Waals surface area contributed by atoms with Crippen LogP contribution in [0.4, 0.5) is 0 Å². The van der Waals surface area contributed by atoms with Gasteiger partial charge in [0.2, 0.25) is 0 Å². The number of carbonyl (C=O) groups excluding carboxylic acids is 1. The predicted octanol–water partition coefficient (Wildman–Crippen LogP) is 2.44. The highest BCUT2D eigenvalue weighted by Crippen LogP contribution is 2.48. The van der Waals surface area contributed by atoms with E-state index in [9.17, 15) is 29.2 Å². The first-order valence-corrected chi connectivity index (χ1v) is 15.3. The van der Waals surface area contributed by atoms with Gasteiger partial charge in [-0.25, -0.2) is 9.36 Å². The van der Waals surface area contributed by atoms with E-state index in [1.54, 1.807) is 60.7 Å². The molecule has 222 valence electrons. The number of H-pyrrole nitrogens is 1. The lowest BCUT2D eigenvalue weighted by Crippen LogP contribution is -2.47. The molecule has 2 aromatic carbocycles. The maximum Gasteiger partial charge on any atom is 0.459 e. The molecular formula is C26H31IN3O10P. The Balaban J connectivity index is 1.61. The lowest BCUT2D eigenvalue weighted by molar-refractivity contribution is -0.149. The van der Waals surface area contributed by atoms with Gasteiger partial charge in [-0.1, -0.05) is 36.4 Å². The van der Waals surface area contributed by atoms with Crippen LogP contribution in [-0.2, 0) is 23.4 Å². The van der Waals surface area contributed by atoms with E-state index in [4.69, 9.17) is 18.5 Å². The van der Waals surface area contributed by atoms with Crippen molar-refractivity contribution in [1.29, 1.82) is 0 Å². The predicted molar refractivity (Wildman–Crippen MR) is 157 cm³/mol. The van der Waals surface area contributed by atoms with Gasteiger partial charge in [-0.15, -0.1) is 0 Å². The minimum atomic E-state index is -4.38. The molecule has 2 heterocycles. The first-order chi connectivity index (χ1) is 19.2. The second kappa shape index (κ2) is 12.3. The molecule has 1 unspecified atom stereocenters. The monoisotopic (exact) mass is 703 g/mol. The Kier molecular flexibility index (Phi) is 9.43. The number of nitrogens with zero attached hydrogens (tertiary/aromatic N) is 1. The number of aliphatic hydroxyl groups excluding tert-OH is 1. The second-order valence-electron chi connectivity index (χ2n) is 10.0. The third kappa shape index (κ3) is 6.91. The van der Waals surface area contributed by atoms with E-state index >= 15 is 0 Å². The Morgan fingerprint density at radius 1 is 1.22 bits per heavy atom. The van der Waals surface area contributed by atoms with Gasteiger partial charge in [0, 0.05) is 11.6 Å². The molecule has 4 rings (SSSR count). The van der Waals surface area contributed by atoms with Crippen LogP contribution < -0.4 is 20.9 Å². The number of benzene rings is 2. The molecule has 0 saturated carbocycles. The van der Waals surface area contributed by atoms with E-state index in [0.717, 1.165) is 9.95 Å². The zero-order chi connectivity index (χ0) is 30.1. The summed E-state index contributed by atoms with van der Waals surface area (Å²) in [5.74, 6) is -0.493. The minimum absolute atomic E-state index is 0.148. The van der Waals surface area contributed by atoms with Crippen LogP contribution in [0.1, 0.15) is 33.9 Å². The number of halogens is 1. The van der Waals surface area contributed by atoms with Crippen LogP contribution >= 0.6 is 30.3 Å². The maximum atomic E-state index is 14.1. The Bertz CT molecular complexity index is 1580. The number of aromatic amines is 1. The summed E-state index contributed by atoms with van der Waals surface area (Å²) in [4.78, 5) is 38.9. The molecule has 0 bridgehead atoms. The van der Waals surface area contributed by atoms with Crippen LogP contribution in [0.15, 0.2) is 58.3 Å². The van der Waals surface area contributed by atoms with Gasteiger partial charge < -0.3 is 24.2 Å². The van der Waals surface area contributed by atoms with Gasteiger partial charge in [0.25, 0.3) is 5.56 Å². The summed E-state index contributed by atoms with van der Waals surface area (Å²) in [7, 11) is -4.38. The number of esters is 1. The third-order valence-corrected chi connectivity index (χ3v) is 8.76. The number of fused-ring (bicyclic) bond motifs is 1. The number of rotatable bonds is 10. The van der Waals surface area contributed by atoms with E-state index in [0.29, 0.717) is 5.39 Å². The Labute approximate surface area is 248 Å². The average molecular weight is 703 g/mol. The molecule has 0 spiro atoms. The Morgan fingerprint density at radius 2 is 1.90 bits per heavy atom. The van der Waals surface area contributed by atoms with Gasteiger partial charge in [-0.05, 0) is 61.7 Å². The molecular weight excluding hydrogens is 672 g/mol. The average Bonchev–Trinajstić information content (AvgIpc) is 3.13. The van der Waals surface area contributed by atoms with Gasteiger partial charge in [0.05, 0.1) is 16.3 Å². The van der Waals surface area contributed by atoms with Gasteiger partial charge in [-0.3, -0.25) is 23.7 Å². The molecule has 1 saturated heterocycles. The van der Waals surface area contributed by atoms with Gasteiger partial charge in [0.15, 0.2) is 6.23 Å². The van der Waals surface area contributed by atoms with E-state index in [-0.39, 0.29) is 9.32 Å². The molecule has 0 radical (unpaired) electrons. The zero-order valence-electron chi connectivity index (χ0n) is 22.6. The molecule has 3 aromatic rings. The van der Waals surface area contributed by atoms with Gasteiger partial charge in [-0.2, -0.15) is 5.09 Å². The first kappa shape index (κ1) is 31.3. The summed E-state index contributed by atoms with van der Waals surface area (Å²) in [6.07, 6.45) is -3.56. The van der Waals surface area contributed by atoms with Crippen LogP contribution in [0, 0.1) is 3.57 Å². The van der Waals surface area contributed by atoms with Gasteiger partial charge >= 0.3 is 19.4 Å². The van der Waals surface area contributed by atoms with Crippen molar-refractivity contribution in [3.05, 3.63) is 73.1 Å². The highest BCUT2D eigenvalue weighted by atomic mass is 127. The first-order valence-electron chi connectivity index (χ1n) is 12.7. The number of ether oxygens (including phenoxy) is 2. The zero-order valence-corrected chi connectivity index (χ0v) is 25.7. The third-order valence-electron chi connectivity index (χ3n) is 6.37. The number of aliphatic hydroxyl groups is 2.